The molecule has 0 saturated carbocycles. The molecule has 0 aliphatic heterocycles. The molecule has 0 unspecified atom stereocenters. The fourth-order valence-corrected chi connectivity index (χ4v) is 1.96. The number of para-hydroxylation sites is 1. The van der Waals surface area contributed by atoms with Crippen LogP contribution in [0.3, 0.4) is 0 Å². The first-order valence-corrected chi connectivity index (χ1v) is 6.94. The van der Waals surface area contributed by atoms with E-state index in [1.807, 2.05) is 25.1 Å². The van der Waals surface area contributed by atoms with Gasteiger partial charge in [0.2, 0.25) is 5.91 Å². The molecule has 0 radical (unpaired) electrons. The molecule has 108 valence electrons. The van der Waals surface area contributed by atoms with Gasteiger partial charge in [-0.05, 0) is 49.5 Å². The smallest absolute Gasteiger partial charge is 0.250 e. The third kappa shape index (κ3) is 4.73. The molecule has 1 aromatic heterocycles. The highest BCUT2D eigenvalue weighted by Gasteiger charge is 2.04. The van der Waals surface area contributed by atoms with Crippen molar-refractivity contribution in [2.24, 2.45) is 0 Å². The lowest BCUT2D eigenvalue weighted by atomic mass is 10.3. The third-order valence-electron chi connectivity index (χ3n) is 2.52. The van der Waals surface area contributed by atoms with Crippen molar-refractivity contribution in [3.63, 3.8) is 0 Å². The molecule has 0 aliphatic carbocycles. The van der Waals surface area contributed by atoms with E-state index in [9.17, 15) is 4.79 Å². The number of carbonyl (C=O) groups is 1. The monoisotopic (exact) mass is 320 g/mol. The lowest BCUT2D eigenvalue weighted by molar-refractivity contribution is -0.115. The molecule has 0 fully saturated rings. The Morgan fingerprint density at radius 2 is 2.05 bits per heavy atom. The van der Waals surface area contributed by atoms with Crippen LogP contribution >= 0.6 is 23.8 Å². The Balaban J connectivity index is 1.89. The highest BCUT2D eigenvalue weighted by Crippen LogP contribution is 2.20. The van der Waals surface area contributed by atoms with Gasteiger partial charge in [-0.25, -0.2) is 0 Å². The van der Waals surface area contributed by atoms with Crippen LogP contribution in [0, 0.1) is 6.92 Å². The summed E-state index contributed by atoms with van der Waals surface area (Å²) in [5.74, 6) is 1.03. The van der Waals surface area contributed by atoms with Crippen molar-refractivity contribution in [1.29, 1.82) is 0 Å². The first kappa shape index (κ1) is 15.3. The quantitative estimate of drug-likeness (QED) is 0.667. The van der Waals surface area contributed by atoms with Crippen LogP contribution in [-0.2, 0) is 4.79 Å². The maximum Gasteiger partial charge on any atom is 0.250 e. The number of rotatable bonds is 3. The summed E-state index contributed by atoms with van der Waals surface area (Å²) in [7, 11) is 0. The number of carbonyl (C=O) groups excluding carboxylic acids is 1. The molecule has 21 heavy (non-hydrogen) atoms. The summed E-state index contributed by atoms with van der Waals surface area (Å²) in [6.45, 7) is 1.83. The van der Waals surface area contributed by atoms with Crippen LogP contribution in [0.2, 0.25) is 5.02 Å². The zero-order chi connectivity index (χ0) is 15.2. The van der Waals surface area contributed by atoms with E-state index >= 15 is 0 Å². The number of furan rings is 1. The Hall–Kier alpha value is -2.11. The van der Waals surface area contributed by atoms with Crippen molar-refractivity contribution in [2.45, 2.75) is 6.92 Å². The lowest BCUT2D eigenvalue weighted by Crippen LogP contribution is -2.32. The van der Waals surface area contributed by atoms with Gasteiger partial charge in [-0.15, -0.1) is 0 Å². The van der Waals surface area contributed by atoms with Crippen molar-refractivity contribution >= 4 is 46.6 Å². The van der Waals surface area contributed by atoms with E-state index in [-0.39, 0.29) is 11.0 Å². The van der Waals surface area contributed by atoms with Crippen molar-refractivity contribution in [3.05, 3.63) is 59.0 Å². The van der Waals surface area contributed by atoms with Crippen molar-refractivity contribution in [2.75, 3.05) is 5.32 Å². The predicted octanol–water partition coefficient (Wildman–Crippen LogP) is 3.77. The zero-order valence-corrected chi connectivity index (χ0v) is 12.8. The van der Waals surface area contributed by atoms with E-state index < -0.39 is 0 Å². The minimum Gasteiger partial charge on any atom is -0.462 e. The number of anilines is 1. The van der Waals surface area contributed by atoms with Crippen LogP contribution in [0.25, 0.3) is 6.08 Å². The molecule has 1 amide bonds. The zero-order valence-electron chi connectivity index (χ0n) is 11.2. The molecular weight excluding hydrogens is 308 g/mol. The molecule has 4 nitrogen and oxygen atoms in total. The number of halogens is 1. The second-order valence-electron chi connectivity index (χ2n) is 4.20. The molecule has 2 N–H and O–H groups in total. The fourth-order valence-electron chi connectivity index (χ4n) is 1.57. The van der Waals surface area contributed by atoms with Crippen LogP contribution < -0.4 is 10.6 Å². The molecule has 2 rings (SSSR count). The maximum absolute atomic E-state index is 11.7. The van der Waals surface area contributed by atoms with E-state index in [4.69, 9.17) is 28.2 Å². The highest BCUT2D eigenvalue weighted by molar-refractivity contribution is 7.80. The van der Waals surface area contributed by atoms with Crippen molar-refractivity contribution < 1.29 is 9.21 Å². The molecular formula is C15H13ClN2O2S. The Bertz CT molecular complexity index is 694. The molecule has 2 aromatic rings. The summed E-state index contributed by atoms with van der Waals surface area (Å²) in [5, 5.41) is 6.08. The Labute approximate surface area is 132 Å². The van der Waals surface area contributed by atoms with Crippen LogP contribution in [0.15, 0.2) is 46.9 Å². The second-order valence-corrected chi connectivity index (χ2v) is 5.02. The second kappa shape index (κ2) is 7.06. The van der Waals surface area contributed by atoms with Gasteiger partial charge in [0.15, 0.2) is 5.11 Å². The molecule has 0 bridgehead atoms. The number of nitrogens with one attached hydrogen (secondary N) is 2. The number of amides is 1. The number of hydrogen-bond acceptors (Lipinski definition) is 3. The summed E-state index contributed by atoms with van der Waals surface area (Å²) >= 11 is 11.0. The van der Waals surface area contributed by atoms with Gasteiger partial charge in [0.05, 0.1) is 10.7 Å². The summed E-state index contributed by atoms with van der Waals surface area (Å²) in [5.41, 5.74) is 0.634. The SMILES string of the molecule is Cc1ccc(C=CC(=O)NC(=S)Nc2ccccc2Cl)o1. The van der Waals surface area contributed by atoms with E-state index in [1.54, 1.807) is 24.3 Å². The molecule has 0 spiro atoms. The van der Waals surface area contributed by atoms with Gasteiger partial charge in [-0.1, -0.05) is 23.7 Å². The predicted molar refractivity (Wildman–Crippen MR) is 88.3 cm³/mol. The first-order valence-electron chi connectivity index (χ1n) is 6.15. The molecule has 1 heterocycles. The topological polar surface area (TPSA) is 54.3 Å². The van der Waals surface area contributed by atoms with Gasteiger partial charge in [0.1, 0.15) is 11.5 Å². The molecule has 0 atom stereocenters. The molecule has 0 saturated heterocycles. The van der Waals surface area contributed by atoms with Crippen molar-refractivity contribution in [3.8, 4) is 0 Å². The number of benzene rings is 1. The number of hydrogen-bond donors (Lipinski definition) is 2. The van der Waals surface area contributed by atoms with Gasteiger partial charge in [0, 0.05) is 6.08 Å². The van der Waals surface area contributed by atoms with Gasteiger partial charge in [-0.3, -0.25) is 10.1 Å². The molecule has 0 aliphatic rings. The average molecular weight is 321 g/mol. The van der Waals surface area contributed by atoms with Crippen LogP contribution in [0.4, 0.5) is 5.69 Å². The Morgan fingerprint density at radius 1 is 1.29 bits per heavy atom. The number of thiocarbonyl (C=S) groups is 1. The van der Waals surface area contributed by atoms with Crippen LogP contribution in [0.5, 0.6) is 0 Å². The minimum absolute atomic E-state index is 0.174. The van der Waals surface area contributed by atoms with Crippen LogP contribution in [0.1, 0.15) is 11.5 Å². The minimum atomic E-state index is -0.353. The molecule has 1 aromatic carbocycles. The standard InChI is InChI=1S/C15H13ClN2O2S/c1-10-6-7-11(20-10)8-9-14(19)18-15(21)17-13-5-3-2-4-12(13)16/h2-9H,1H3,(H2,17,18,19,21). The van der Waals surface area contributed by atoms with Crippen LogP contribution in [-0.4, -0.2) is 11.0 Å². The molecule has 6 heteroatoms. The third-order valence-corrected chi connectivity index (χ3v) is 3.05. The van der Waals surface area contributed by atoms with E-state index in [0.29, 0.717) is 16.5 Å². The van der Waals surface area contributed by atoms with Crippen molar-refractivity contribution in [1.82, 2.24) is 5.32 Å². The van der Waals surface area contributed by atoms with Gasteiger partial charge >= 0.3 is 0 Å². The fraction of sp³-hybridized carbons (Fsp3) is 0.0667. The van der Waals surface area contributed by atoms with E-state index in [1.165, 1.54) is 6.08 Å². The Kier molecular flexibility index (Phi) is 5.14. The van der Waals surface area contributed by atoms with E-state index in [2.05, 4.69) is 10.6 Å². The van der Waals surface area contributed by atoms with Gasteiger partial charge in [0.25, 0.3) is 0 Å². The number of aryl methyl sites for hydroxylation is 1. The highest BCUT2D eigenvalue weighted by atomic mass is 35.5. The summed E-state index contributed by atoms with van der Waals surface area (Å²) in [6, 6.07) is 10.7. The largest absolute Gasteiger partial charge is 0.462 e. The summed E-state index contributed by atoms with van der Waals surface area (Å²) < 4.78 is 5.32. The summed E-state index contributed by atoms with van der Waals surface area (Å²) in [4.78, 5) is 11.7. The average Bonchev–Trinajstić information content (AvgIpc) is 2.85. The first-order chi connectivity index (χ1) is 10.0. The Morgan fingerprint density at radius 3 is 2.71 bits per heavy atom. The maximum atomic E-state index is 11.7. The lowest BCUT2D eigenvalue weighted by Gasteiger charge is -2.09. The van der Waals surface area contributed by atoms with Gasteiger partial charge in [-0.2, -0.15) is 0 Å². The summed E-state index contributed by atoms with van der Waals surface area (Å²) in [6.07, 6.45) is 2.92. The normalized spacial score (nSPS) is 10.6. The van der Waals surface area contributed by atoms with E-state index in [0.717, 1.165) is 5.76 Å². The van der Waals surface area contributed by atoms with Gasteiger partial charge < -0.3 is 9.73 Å².